The van der Waals surface area contributed by atoms with E-state index >= 15 is 4.39 Å². The number of halogens is 3. The van der Waals surface area contributed by atoms with Gasteiger partial charge >= 0.3 is 18.1 Å². The number of ether oxygens (including phenoxy) is 3. The number of likely N-dealkylation sites (tertiary alicyclic amines) is 1. The van der Waals surface area contributed by atoms with Crippen molar-refractivity contribution < 1.29 is 32.6 Å². The molecule has 3 amide bonds. The van der Waals surface area contributed by atoms with Crippen molar-refractivity contribution in [3.63, 3.8) is 0 Å². The average molecular weight is 1090 g/mol. The predicted octanol–water partition coefficient (Wildman–Crippen LogP) is 9.69. The summed E-state index contributed by atoms with van der Waals surface area (Å²) >= 11 is 7.98. The average Bonchev–Trinajstić information content (AvgIpc) is 4.05. The van der Waals surface area contributed by atoms with Crippen molar-refractivity contribution in [2.45, 2.75) is 94.8 Å². The summed E-state index contributed by atoms with van der Waals surface area (Å²) in [6, 6.07) is 27.2. The first-order chi connectivity index (χ1) is 37.2. The van der Waals surface area contributed by atoms with Crippen LogP contribution in [0, 0.1) is 23.0 Å². The Kier molecular flexibility index (Phi) is 18.0. The first-order valence-electron chi connectivity index (χ1n) is 26.6. The molecule has 4 aromatic carbocycles. The van der Waals surface area contributed by atoms with E-state index in [0.29, 0.717) is 56.6 Å². The number of hydrogen-bond acceptors (Lipinski definition) is 14. The highest BCUT2D eigenvalue weighted by Gasteiger charge is 2.49. The van der Waals surface area contributed by atoms with Gasteiger partial charge in [-0.15, -0.1) is 0 Å². The zero-order valence-corrected chi connectivity index (χ0v) is 45.9. The number of hydrogen-bond donors (Lipinski definition) is 2. The summed E-state index contributed by atoms with van der Waals surface area (Å²) in [5.74, 6) is -0.412. The lowest BCUT2D eigenvalue weighted by Crippen LogP contribution is -2.51. The smallest absolute Gasteiger partial charge is 0.407 e. The molecule has 408 valence electrons. The minimum atomic E-state index is -1.16. The first-order valence-corrected chi connectivity index (χ1v) is 27.8. The van der Waals surface area contributed by atoms with Gasteiger partial charge in [0.25, 0.3) is 0 Å². The molecule has 0 unspecified atom stereocenters. The molecule has 1 aromatic heterocycles. The molecule has 2 saturated heterocycles. The number of rotatable bonds is 19. The van der Waals surface area contributed by atoms with Crippen LogP contribution < -0.4 is 25.2 Å². The largest absolute Gasteiger partial charge is 0.462 e. The van der Waals surface area contributed by atoms with Crippen molar-refractivity contribution >= 4 is 62.8 Å². The second-order valence-corrected chi connectivity index (χ2v) is 22.6. The van der Waals surface area contributed by atoms with E-state index in [1.165, 1.54) is 21.7 Å². The lowest BCUT2D eigenvalue weighted by molar-refractivity contribution is 0.0524. The monoisotopic (exact) mass is 1090 g/mol. The number of urea groups is 1. The second kappa shape index (κ2) is 25.0. The highest BCUT2D eigenvalue weighted by molar-refractivity contribution is 8.15. The van der Waals surface area contributed by atoms with Crippen LogP contribution in [0.25, 0.3) is 10.8 Å². The lowest BCUT2D eigenvalue weighted by atomic mass is 10.0. The Bertz CT molecular complexity index is 2960. The number of fused-ring (bicyclic) bond motifs is 2. The fraction of sp³-hybridized carbons (Fsp3) is 0.474. The molecule has 77 heavy (non-hydrogen) atoms. The van der Waals surface area contributed by atoms with Gasteiger partial charge in [-0.25, -0.2) is 18.4 Å². The number of likely N-dealkylation sites (N-methyl/N-ethyl adjacent to an activating group) is 1. The highest BCUT2D eigenvalue weighted by Crippen LogP contribution is 2.51. The number of nitrogens with zero attached hydrogens (tertiary/aromatic N) is 9. The summed E-state index contributed by atoms with van der Waals surface area (Å²) in [5.41, 5.74) is 3.12. The standard InChI is InChI=1S/C57H68ClF2N11O5S/c1-56(2,3)76-54(72)63-26-11-24-57(40-15-6-5-7-16-40)71(66-52(77-57)45-35-41(59)20-21-47(45)60)55(73)67(4)32-34-74-33-12-29-68-28-10-17-43(68)38-75-53-64-48-37-69(49-19-9-14-39-13-8-18-46(58)50(39)49)30-23-44(48)51(65-53)70-31-27-62-42(36-70)22-25-61/h5-9,13-16,18-21,35,42-43,62H,10-12,17,22-24,26-34,36-38H2,1-4H3,(H,63,72)/t42-,43-,57-/m0/s1. The summed E-state index contributed by atoms with van der Waals surface area (Å²) in [4.78, 5) is 44.7. The summed E-state index contributed by atoms with van der Waals surface area (Å²) in [6.45, 7) is 12.3. The van der Waals surface area contributed by atoms with Gasteiger partial charge in [-0.2, -0.15) is 25.3 Å². The second-order valence-electron chi connectivity index (χ2n) is 20.9. The third-order valence-electron chi connectivity index (χ3n) is 14.3. The lowest BCUT2D eigenvalue weighted by Gasteiger charge is -2.37. The van der Waals surface area contributed by atoms with Crippen molar-refractivity contribution in [1.29, 1.82) is 5.26 Å². The SMILES string of the molecule is CN(CCOCCCN1CCC[C@H]1COc1nc2c(c(N3CCN[C@@H](CC#N)C3)n1)CCN(c1cccc3cccc(Cl)c13)C2)C(=O)N1N=C(c2cc(F)ccc2F)S[C@@]1(CCCNC(=O)OC(C)(C)C)c1ccccc1. The molecule has 0 bridgehead atoms. The Hall–Kier alpha value is -6.30. The van der Waals surface area contributed by atoms with Gasteiger partial charge in [-0.05, 0) is 107 Å². The van der Waals surface area contributed by atoms with Gasteiger partial charge in [-0.3, -0.25) is 4.90 Å². The van der Waals surface area contributed by atoms with Crippen LogP contribution >= 0.6 is 23.4 Å². The third-order valence-corrected chi connectivity index (χ3v) is 16.1. The minimum absolute atomic E-state index is 0.0415. The van der Waals surface area contributed by atoms with E-state index < -0.39 is 34.2 Å². The quantitative estimate of drug-likeness (QED) is 0.0752. The number of anilines is 2. The topological polar surface area (TPSA) is 164 Å². The van der Waals surface area contributed by atoms with Crippen molar-refractivity contribution in [3.05, 3.63) is 124 Å². The molecule has 4 aliphatic rings. The van der Waals surface area contributed by atoms with E-state index in [1.54, 1.807) is 27.8 Å². The van der Waals surface area contributed by atoms with Crippen LogP contribution in [0.5, 0.6) is 6.01 Å². The zero-order valence-electron chi connectivity index (χ0n) is 44.3. The number of carbonyl (C=O) groups is 2. The van der Waals surface area contributed by atoms with E-state index in [1.807, 2.05) is 42.5 Å². The van der Waals surface area contributed by atoms with Crippen LogP contribution in [0.3, 0.4) is 0 Å². The molecule has 4 aliphatic heterocycles. The molecule has 0 radical (unpaired) electrons. The molecule has 3 atom stereocenters. The number of alkyl carbamates (subject to hydrolysis) is 1. The van der Waals surface area contributed by atoms with Crippen LogP contribution in [0.1, 0.15) is 81.7 Å². The number of piperazine rings is 1. The van der Waals surface area contributed by atoms with E-state index in [9.17, 15) is 19.2 Å². The van der Waals surface area contributed by atoms with Crippen LogP contribution in [-0.2, 0) is 27.3 Å². The number of hydrazone groups is 1. The number of aromatic nitrogens is 2. The van der Waals surface area contributed by atoms with Gasteiger partial charge in [0.2, 0.25) is 0 Å². The van der Waals surface area contributed by atoms with E-state index in [0.717, 1.165) is 116 Å². The van der Waals surface area contributed by atoms with Gasteiger partial charge in [0.05, 0.1) is 36.4 Å². The molecule has 5 aromatic rings. The van der Waals surface area contributed by atoms with Crippen molar-refractivity contribution in [3.8, 4) is 12.1 Å². The fourth-order valence-corrected chi connectivity index (χ4v) is 12.3. The number of carbonyl (C=O) groups excluding carboxylic acids is 2. The Morgan fingerprint density at radius 3 is 2.62 bits per heavy atom. The maximum atomic E-state index is 15.4. The number of amides is 3. The van der Waals surface area contributed by atoms with Crippen molar-refractivity contribution in [2.24, 2.45) is 5.10 Å². The third kappa shape index (κ3) is 13.3. The molecule has 5 heterocycles. The molecular formula is C57H68ClF2N11O5S. The molecule has 0 aliphatic carbocycles. The summed E-state index contributed by atoms with van der Waals surface area (Å²) in [7, 11) is 1.67. The molecule has 20 heteroatoms. The van der Waals surface area contributed by atoms with E-state index in [-0.39, 0.29) is 42.4 Å². The van der Waals surface area contributed by atoms with Crippen LogP contribution in [-0.4, -0.2) is 139 Å². The molecular weight excluding hydrogens is 1020 g/mol. The van der Waals surface area contributed by atoms with Crippen LogP contribution in [0.2, 0.25) is 5.02 Å². The maximum absolute atomic E-state index is 15.4. The Labute approximate surface area is 459 Å². The normalized spacial score (nSPS) is 19.7. The number of nitriles is 1. The molecule has 2 fully saturated rings. The predicted molar refractivity (Wildman–Crippen MR) is 297 cm³/mol. The molecule has 9 rings (SSSR count). The molecule has 2 N–H and O–H groups in total. The van der Waals surface area contributed by atoms with Gasteiger partial charge in [0.15, 0.2) is 0 Å². The summed E-state index contributed by atoms with van der Waals surface area (Å²) in [5, 5.41) is 24.9. The van der Waals surface area contributed by atoms with Crippen LogP contribution in [0.15, 0.2) is 90.0 Å². The summed E-state index contributed by atoms with van der Waals surface area (Å²) < 4.78 is 48.1. The molecule has 0 saturated carbocycles. The number of thioether (sulfide) groups is 1. The fourth-order valence-electron chi connectivity index (χ4n) is 10.6. The Morgan fingerprint density at radius 2 is 1.82 bits per heavy atom. The first kappa shape index (κ1) is 55.5. The Morgan fingerprint density at radius 1 is 1.00 bits per heavy atom. The molecule has 16 nitrogen and oxygen atoms in total. The highest BCUT2D eigenvalue weighted by atomic mass is 35.5. The van der Waals surface area contributed by atoms with Crippen molar-refractivity contribution in [1.82, 2.24) is 35.4 Å². The van der Waals surface area contributed by atoms with Gasteiger partial charge in [0, 0.05) is 93.8 Å². The van der Waals surface area contributed by atoms with Gasteiger partial charge in [-0.1, -0.05) is 78.0 Å². The van der Waals surface area contributed by atoms with Gasteiger partial charge < -0.3 is 39.5 Å². The Balaban J connectivity index is 0.818. The van der Waals surface area contributed by atoms with Crippen molar-refractivity contribution in [2.75, 3.05) is 89.0 Å². The molecule has 0 spiro atoms. The zero-order chi connectivity index (χ0) is 54.1. The number of nitrogens with one attached hydrogen (secondary N) is 2. The maximum Gasteiger partial charge on any atom is 0.407 e. The van der Waals surface area contributed by atoms with Gasteiger partial charge in [0.1, 0.15) is 39.6 Å². The van der Waals surface area contributed by atoms with Crippen LogP contribution in [0.4, 0.5) is 29.9 Å². The van der Waals surface area contributed by atoms with E-state index in [2.05, 4.69) is 55.7 Å². The number of benzene rings is 4. The van der Waals surface area contributed by atoms with E-state index in [4.69, 9.17) is 40.9 Å². The minimum Gasteiger partial charge on any atom is -0.462 e. The summed E-state index contributed by atoms with van der Waals surface area (Å²) in [6.07, 6.45) is 4.10.